The Labute approximate surface area is 92.5 Å². The van der Waals surface area contributed by atoms with Crippen molar-refractivity contribution in [3.8, 4) is 0 Å². The van der Waals surface area contributed by atoms with Gasteiger partial charge in [-0.15, -0.1) is 0 Å². The van der Waals surface area contributed by atoms with Gasteiger partial charge < -0.3 is 4.79 Å². The van der Waals surface area contributed by atoms with E-state index in [0.717, 1.165) is 12.7 Å². The van der Waals surface area contributed by atoms with Crippen LogP contribution in [0.4, 0.5) is 0 Å². The fraction of sp³-hybridized carbons (Fsp3) is 0.500. The minimum Gasteiger partial charge on any atom is -0.303 e. The second kappa shape index (κ2) is 5.11. The van der Waals surface area contributed by atoms with Crippen LogP contribution in [0.1, 0.15) is 43.4 Å². The smallest absolute Gasteiger partial charge is 0.123 e. The first-order valence-corrected chi connectivity index (χ1v) is 5.59. The van der Waals surface area contributed by atoms with Crippen molar-refractivity contribution in [1.29, 1.82) is 0 Å². The van der Waals surface area contributed by atoms with Crippen molar-refractivity contribution < 1.29 is 4.79 Å². The van der Waals surface area contributed by atoms with Crippen molar-refractivity contribution in [3.63, 3.8) is 0 Å². The molecule has 1 unspecified atom stereocenters. The summed E-state index contributed by atoms with van der Waals surface area (Å²) < 4.78 is 0. The third kappa shape index (κ3) is 3.19. The molecular formula is C14H20O. The molecule has 0 aliphatic carbocycles. The minimum absolute atomic E-state index is 0.117. The first-order chi connectivity index (χ1) is 7.04. The van der Waals surface area contributed by atoms with Gasteiger partial charge in [-0.1, -0.05) is 39.0 Å². The first-order valence-electron chi connectivity index (χ1n) is 5.59. The van der Waals surface area contributed by atoms with Gasteiger partial charge in [-0.25, -0.2) is 0 Å². The number of carbonyl (C=O) groups is 1. The van der Waals surface area contributed by atoms with Crippen molar-refractivity contribution in [3.05, 3.63) is 34.9 Å². The van der Waals surface area contributed by atoms with E-state index in [1.807, 2.05) is 6.92 Å². The molecule has 0 aliphatic rings. The highest BCUT2D eigenvalue weighted by molar-refractivity contribution is 5.54. The lowest BCUT2D eigenvalue weighted by Crippen LogP contribution is -2.03. The van der Waals surface area contributed by atoms with E-state index in [1.54, 1.807) is 0 Å². The highest BCUT2D eigenvalue weighted by atomic mass is 16.1. The molecule has 15 heavy (non-hydrogen) atoms. The third-order valence-corrected chi connectivity index (χ3v) is 2.81. The molecule has 0 bridgehead atoms. The maximum Gasteiger partial charge on any atom is 0.123 e. The van der Waals surface area contributed by atoms with Crippen LogP contribution < -0.4 is 0 Å². The van der Waals surface area contributed by atoms with Crippen LogP contribution >= 0.6 is 0 Å². The molecule has 0 spiro atoms. The average molecular weight is 204 g/mol. The average Bonchev–Trinajstić information content (AvgIpc) is 2.20. The molecule has 1 heteroatoms. The van der Waals surface area contributed by atoms with E-state index in [4.69, 9.17) is 0 Å². The third-order valence-electron chi connectivity index (χ3n) is 2.81. The predicted octanol–water partition coefficient (Wildman–Crippen LogP) is 3.50. The maximum atomic E-state index is 10.6. The largest absolute Gasteiger partial charge is 0.303 e. The number of benzene rings is 1. The molecule has 0 saturated heterocycles. The summed E-state index contributed by atoms with van der Waals surface area (Å²) in [4.78, 5) is 10.6. The Morgan fingerprint density at radius 2 is 1.93 bits per heavy atom. The van der Waals surface area contributed by atoms with E-state index in [-0.39, 0.29) is 5.92 Å². The summed E-state index contributed by atoms with van der Waals surface area (Å²) in [6.07, 6.45) is 1.89. The van der Waals surface area contributed by atoms with Gasteiger partial charge in [0.15, 0.2) is 0 Å². The zero-order valence-electron chi connectivity index (χ0n) is 10.1. The maximum absolute atomic E-state index is 10.6. The summed E-state index contributed by atoms with van der Waals surface area (Å²) in [5.74, 6) is 0.669. The predicted molar refractivity (Wildman–Crippen MR) is 64.2 cm³/mol. The topological polar surface area (TPSA) is 17.1 Å². The number of hydrogen-bond acceptors (Lipinski definition) is 1. The van der Waals surface area contributed by atoms with Gasteiger partial charge in [0.1, 0.15) is 6.29 Å². The van der Waals surface area contributed by atoms with Gasteiger partial charge in [-0.3, -0.25) is 0 Å². The Morgan fingerprint density at radius 1 is 1.27 bits per heavy atom. The molecule has 1 aromatic carbocycles. The molecule has 0 aromatic heterocycles. The van der Waals surface area contributed by atoms with Gasteiger partial charge >= 0.3 is 0 Å². The van der Waals surface area contributed by atoms with E-state index < -0.39 is 0 Å². The summed E-state index contributed by atoms with van der Waals surface area (Å²) in [7, 11) is 0. The molecule has 0 saturated carbocycles. The van der Waals surface area contributed by atoms with Gasteiger partial charge in [0.25, 0.3) is 0 Å². The van der Waals surface area contributed by atoms with Crippen LogP contribution in [0.15, 0.2) is 18.2 Å². The Balaban J connectivity index is 2.95. The minimum atomic E-state index is 0.117. The molecule has 1 aromatic rings. The quantitative estimate of drug-likeness (QED) is 0.686. The zero-order chi connectivity index (χ0) is 11.4. The van der Waals surface area contributed by atoms with Crippen LogP contribution in [0.25, 0.3) is 0 Å². The Bertz CT molecular complexity index is 339. The summed E-state index contributed by atoms with van der Waals surface area (Å²) in [6, 6.07) is 6.57. The highest BCUT2D eigenvalue weighted by Gasteiger charge is 2.07. The van der Waals surface area contributed by atoms with Crippen LogP contribution in [0, 0.1) is 12.8 Å². The molecule has 0 radical (unpaired) electrons. The summed E-state index contributed by atoms with van der Waals surface area (Å²) >= 11 is 0. The van der Waals surface area contributed by atoms with Crippen LogP contribution in [0.5, 0.6) is 0 Å². The first kappa shape index (κ1) is 12.0. The molecule has 0 amide bonds. The Morgan fingerprint density at radius 3 is 2.47 bits per heavy atom. The van der Waals surface area contributed by atoms with Gasteiger partial charge in [-0.2, -0.15) is 0 Å². The number of aldehydes is 1. The van der Waals surface area contributed by atoms with Crippen LogP contribution in [0.3, 0.4) is 0 Å². The number of hydrogen-bond donors (Lipinski definition) is 0. The van der Waals surface area contributed by atoms with Gasteiger partial charge in [0.2, 0.25) is 0 Å². The Kier molecular flexibility index (Phi) is 4.07. The second-order valence-corrected chi connectivity index (χ2v) is 4.66. The molecule has 1 rings (SSSR count). The van der Waals surface area contributed by atoms with Crippen molar-refractivity contribution in [2.24, 2.45) is 5.92 Å². The monoisotopic (exact) mass is 204 g/mol. The van der Waals surface area contributed by atoms with Gasteiger partial charge in [-0.05, 0) is 36.0 Å². The SMILES string of the molecule is Cc1ccc(C(C)C)cc1CC(C)C=O. The normalized spacial score (nSPS) is 12.9. The second-order valence-electron chi connectivity index (χ2n) is 4.66. The van der Waals surface area contributed by atoms with E-state index in [2.05, 4.69) is 39.0 Å². The lowest BCUT2D eigenvalue weighted by atomic mass is 9.93. The van der Waals surface area contributed by atoms with Crippen molar-refractivity contribution >= 4 is 6.29 Å². The highest BCUT2D eigenvalue weighted by Crippen LogP contribution is 2.20. The van der Waals surface area contributed by atoms with E-state index in [1.165, 1.54) is 16.7 Å². The number of aryl methyl sites for hydroxylation is 1. The molecular weight excluding hydrogens is 184 g/mol. The molecule has 1 atom stereocenters. The summed E-state index contributed by atoms with van der Waals surface area (Å²) in [5, 5.41) is 0. The van der Waals surface area contributed by atoms with Crippen LogP contribution in [-0.2, 0) is 11.2 Å². The van der Waals surface area contributed by atoms with Crippen LogP contribution in [-0.4, -0.2) is 6.29 Å². The standard InChI is InChI=1S/C14H20O/c1-10(2)13-6-5-12(4)14(8-13)7-11(3)9-15/h5-6,8-11H,7H2,1-4H3. The summed E-state index contributed by atoms with van der Waals surface area (Å²) in [5.41, 5.74) is 3.95. The lowest BCUT2D eigenvalue weighted by Gasteiger charge is -2.12. The molecule has 0 aliphatic heterocycles. The number of carbonyl (C=O) groups excluding carboxylic acids is 1. The molecule has 0 fully saturated rings. The van der Waals surface area contributed by atoms with Crippen LogP contribution in [0.2, 0.25) is 0 Å². The van der Waals surface area contributed by atoms with Gasteiger partial charge in [0.05, 0.1) is 0 Å². The molecule has 82 valence electrons. The van der Waals surface area contributed by atoms with E-state index >= 15 is 0 Å². The van der Waals surface area contributed by atoms with Crippen molar-refractivity contribution in [2.45, 2.75) is 40.0 Å². The molecule has 0 heterocycles. The lowest BCUT2D eigenvalue weighted by molar-refractivity contribution is -0.110. The molecule has 1 nitrogen and oxygen atoms in total. The summed E-state index contributed by atoms with van der Waals surface area (Å²) in [6.45, 7) is 8.46. The Hall–Kier alpha value is -1.11. The fourth-order valence-electron chi connectivity index (χ4n) is 1.67. The van der Waals surface area contributed by atoms with Crippen molar-refractivity contribution in [1.82, 2.24) is 0 Å². The van der Waals surface area contributed by atoms with E-state index in [0.29, 0.717) is 5.92 Å². The fourth-order valence-corrected chi connectivity index (χ4v) is 1.67. The zero-order valence-corrected chi connectivity index (χ0v) is 10.1. The molecule has 0 N–H and O–H groups in total. The van der Waals surface area contributed by atoms with E-state index in [9.17, 15) is 4.79 Å². The van der Waals surface area contributed by atoms with Crippen molar-refractivity contribution in [2.75, 3.05) is 0 Å². The van der Waals surface area contributed by atoms with Gasteiger partial charge in [0, 0.05) is 5.92 Å². The number of rotatable bonds is 4.